The molecule has 2 rings (SSSR count). The molecule has 0 amide bonds. The van der Waals surface area contributed by atoms with Crippen molar-refractivity contribution in [2.75, 3.05) is 13.2 Å². The van der Waals surface area contributed by atoms with Gasteiger partial charge in [0.15, 0.2) is 6.61 Å². The number of ether oxygens (including phenoxy) is 2. The maximum absolute atomic E-state index is 11.4. The zero-order valence-corrected chi connectivity index (χ0v) is 11.6. The molecular weight excluding hydrogens is 240 g/mol. The van der Waals surface area contributed by atoms with Gasteiger partial charge in [-0.1, -0.05) is 39.0 Å². The minimum absolute atomic E-state index is 0.0532. The van der Waals surface area contributed by atoms with Gasteiger partial charge in [-0.2, -0.15) is 0 Å². The molecule has 3 heteroatoms. The van der Waals surface area contributed by atoms with Gasteiger partial charge in [0, 0.05) is 6.07 Å². The molecule has 0 N–H and O–H groups in total. The average Bonchev–Trinajstić information content (AvgIpc) is 2.79. The molecule has 0 aromatic heterocycles. The zero-order valence-electron chi connectivity index (χ0n) is 11.6. The van der Waals surface area contributed by atoms with Crippen molar-refractivity contribution >= 4 is 5.78 Å². The quantitative estimate of drug-likeness (QED) is 0.664. The molecule has 104 valence electrons. The monoisotopic (exact) mass is 262 g/mol. The number of carbonyl (C=O) groups excluding carboxylic acids is 1. The van der Waals surface area contributed by atoms with Gasteiger partial charge in [-0.05, 0) is 18.6 Å². The van der Waals surface area contributed by atoms with E-state index in [0.29, 0.717) is 11.3 Å². The van der Waals surface area contributed by atoms with Crippen molar-refractivity contribution < 1.29 is 14.3 Å². The average molecular weight is 262 g/mol. The lowest BCUT2D eigenvalue weighted by Crippen LogP contribution is -1.98. The maximum atomic E-state index is 11.4. The molecule has 0 saturated heterocycles. The summed E-state index contributed by atoms with van der Waals surface area (Å²) in [6.45, 7) is 3.12. The van der Waals surface area contributed by atoms with Crippen LogP contribution >= 0.6 is 0 Å². The fourth-order valence-electron chi connectivity index (χ4n) is 2.24. The van der Waals surface area contributed by atoms with Gasteiger partial charge in [-0.3, -0.25) is 4.79 Å². The molecule has 3 nitrogen and oxygen atoms in total. The van der Waals surface area contributed by atoms with Crippen LogP contribution in [0.15, 0.2) is 18.2 Å². The van der Waals surface area contributed by atoms with Gasteiger partial charge in [0.1, 0.15) is 11.5 Å². The van der Waals surface area contributed by atoms with Crippen LogP contribution in [-0.2, 0) is 0 Å². The van der Waals surface area contributed by atoms with Crippen molar-refractivity contribution in [2.45, 2.75) is 45.4 Å². The van der Waals surface area contributed by atoms with E-state index in [2.05, 4.69) is 6.92 Å². The first-order valence-corrected chi connectivity index (χ1v) is 7.24. The summed E-state index contributed by atoms with van der Waals surface area (Å²) in [5, 5.41) is 0. The van der Waals surface area contributed by atoms with E-state index >= 15 is 0 Å². The first-order valence-electron chi connectivity index (χ1n) is 7.24. The number of rotatable bonds is 8. The Morgan fingerprint density at radius 2 is 1.95 bits per heavy atom. The summed E-state index contributed by atoms with van der Waals surface area (Å²) >= 11 is 0. The van der Waals surface area contributed by atoms with Gasteiger partial charge in [-0.15, -0.1) is 0 Å². The van der Waals surface area contributed by atoms with Gasteiger partial charge in [0.2, 0.25) is 5.78 Å². The summed E-state index contributed by atoms with van der Waals surface area (Å²) in [6.07, 6.45) is 7.53. The van der Waals surface area contributed by atoms with Gasteiger partial charge >= 0.3 is 0 Å². The predicted octanol–water partition coefficient (Wildman–Crippen LogP) is 4.00. The summed E-state index contributed by atoms with van der Waals surface area (Å²) in [6, 6.07) is 5.46. The van der Waals surface area contributed by atoms with Crippen molar-refractivity contribution in [1.29, 1.82) is 0 Å². The number of benzene rings is 1. The number of Topliss-reactive ketones (excluding diaryl/α,β-unsaturated/α-hetero) is 1. The summed E-state index contributed by atoms with van der Waals surface area (Å²) in [7, 11) is 0. The lowest BCUT2D eigenvalue weighted by Gasteiger charge is -2.07. The number of hydrogen-bond acceptors (Lipinski definition) is 3. The molecule has 1 heterocycles. The van der Waals surface area contributed by atoms with E-state index < -0.39 is 0 Å². The number of ketones is 1. The normalized spacial score (nSPS) is 13.2. The molecular formula is C16H22O3. The van der Waals surface area contributed by atoms with Gasteiger partial charge in [0.05, 0.1) is 12.2 Å². The third-order valence-electron chi connectivity index (χ3n) is 3.38. The fraction of sp³-hybridized carbons (Fsp3) is 0.562. The van der Waals surface area contributed by atoms with Gasteiger partial charge in [-0.25, -0.2) is 0 Å². The van der Waals surface area contributed by atoms with E-state index in [1.165, 1.54) is 32.1 Å². The molecule has 0 aliphatic carbocycles. The van der Waals surface area contributed by atoms with E-state index in [0.717, 1.165) is 18.8 Å². The number of fused-ring (bicyclic) bond motifs is 1. The second kappa shape index (κ2) is 7.17. The Hall–Kier alpha value is -1.51. The van der Waals surface area contributed by atoms with Crippen LogP contribution in [-0.4, -0.2) is 19.0 Å². The highest BCUT2D eigenvalue weighted by atomic mass is 16.5. The summed E-state index contributed by atoms with van der Waals surface area (Å²) in [5.41, 5.74) is 0.673. The second-order valence-electron chi connectivity index (χ2n) is 4.99. The highest BCUT2D eigenvalue weighted by Crippen LogP contribution is 2.29. The predicted molar refractivity (Wildman–Crippen MR) is 75.1 cm³/mol. The highest BCUT2D eigenvalue weighted by Gasteiger charge is 2.21. The molecule has 0 spiro atoms. The van der Waals surface area contributed by atoms with Crippen LogP contribution in [0.2, 0.25) is 0 Å². The van der Waals surface area contributed by atoms with Crippen molar-refractivity contribution in [1.82, 2.24) is 0 Å². The molecule has 1 aromatic carbocycles. The van der Waals surface area contributed by atoms with Crippen LogP contribution in [0.4, 0.5) is 0 Å². The van der Waals surface area contributed by atoms with Crippen LogP contribution in [0, 0.1) is 0 Å². The Balaban J connectivity index is 1.68. The second-order valence-corrected chi connectivity index (χ2v) is 4.99. The SMILES string of the molecule is CCCCCCCCOc1ccc2c(c1)OCC2=O. The van der Waals surface area contributed by atoms with E-state index in [4.69, 9.17) is 9.47 Å². The minimum Gasteiger partial charge on any atom is -0.493 e. The highest BCUT2D eigenvalue weighted by molar-refractivity contribution is 6.02. The fourth-order valence-corrected chi connectivity index (χ4v) is 2.24. The molecule has 1 aliphatic rings. The van der Waals surface area contributed by atoms with Crippen LogP contribution in [0.25, 0.3) is 0 Å². The third kappa shape index (κ3) is 3.98. The first kappa shape index (κ1) is 13.9. The number of unbranched alkanes of at least 4 members (excludes halogenated alkanes) is 5. The lowest BCUT2D eigenvalue weighted by molar-refractivity contribution is 0.0961. The first-order chi connectivity index (χ1) is 9.31. The van der Waals surface area contributed by atoms with Crippen LogP contribution in [0.5, 0.6) is 11.5 Å². The van der Waals surface area contributed by atoms with Gasteiger partial charge in [0.25, 0.3) is 0 Å². The van der Waals surface area contributed by atoms with Crippen molar-refractivity contribution in [3.63, 3.8) is 0 Å². The van der Waals surface area contributed by atoms with E-state index in [-0.39, 0.29) is 12.4 Å². The van der Waals surface area contributed by atoms with Crippen molar-refractivity contribution in [3.8, 4) is 11.5 Å². The number of hydrogen-bond donors (Lipinski definition) is 0. The van der Waals surface area contributed by atoms with Crippen molar-refractivity contribution in [3.05, 3.63) is 23.8 Å². The molecule has 0 fully saturated rings. The summed E-state index contributed by atoms with van der Waals surface area (Å²) < 4.78 is 11.0. The Bertz CT molecular complexity index is 426. The zero-order chi connectivity index (χ0) is 13.5. The van der Waals surface area contributed by atoms with E-state index in [1.54, 1.807) is 6.07 Å². The molecule has 0 bridgehead atoms. The Kier molecular flexibility index (Phi) is 5.25. The molecule has 1 aliphatic heterocycles. The number of carbonyl (C=O) groups is 1. The van der Waals surface area contributed by atoms with E-state index in [1.807, 2.05) is 12.1 Å². The Morgan fingerprint density at radius 1 is 1.16 bits per heavy atom. The topological polar surface area (TPSA) is 35.5 Å². The minimum atomic E-state index is 0.0532. The Morgan fingerprint density at radius 3 is 2.79 bits per heavy atom. The Labute approximate surface area is 114 Å². The lowest BCUT2D eigenvalue weighted by atomic mass is 10.1. The largest absolute Gasteiger partial charge is 0.493 e. The van der Waals surface area contributed by atoms with Crippen LogP contribution < -0.4 is 9.47 Å². The molecule has 0 atom stereocenters. The smallest absolute Gasteiger partial charge is 0.203 e. The van der Waals surface area contributed by atoms with E-state index in [9.17, 15) is 4.79 Å². The molecule has 0 radical (unpaired) electrons. The third-order valence-corrected chi connectivity index (χ3v) is 3.38. The molecule has 0 saturated carbocycles. The molecule has 1 aromatic rings. The maximum Gasteiger partial charge on any atom is 0.203 e. The molecule has 19 heavy (non-hydrogen) atoms. The van der Waals surface area contributed by atoms with Crippen LogP contribution in [0.3, 0.4) is 0 Å². The summed E-state index contributed by atoms with van der Waals surface area (Å²) in [5.74, 6) is 1.50. The van der Waals surface area contributed by atoms with Crippen molar-refractivity contribution in [2.24, 2.45) is 0 Å². The van der Waals surface area contributed by atoms with Crippen LogP contribution in [0.1, 0.15) is 55.8 Å². The molecule has 0 unspecified atom stereocenters. The summed E-state index contributed by atoms with van der Waals surface area (Å²) in [4.78, 5) is 11.4. The van der Waals surface area contributed by atoms with Gasteiger partial charge < -0.3 is 9.47 Å². The standard InChI is InChI=1S/C16H22O3/c1-2-3-4-5-6-7-10-18-13-8-9-14-15(17)12-19-16(14)11-13/h8-9,11H,2-7,10,12H2,1H3.